The molecule has 26 heteroatoms. The van der Waals surface area contributed by atoms with E-state index in [-0.39, 0.29) is 81.7 Å². The molecule has 83 heavy (non-hydrogen) atoms. The molecule has 1 unspecified atom stereocenters. The van der Waals surface area contributed by atoms with Crippen LogP contribution in [-0.4, -0.2) is 168 Å². The maximum absolute atomic E-state index is 15.5. The van der Waals surface area contributed by atoms with Gasteiger partial charge in [0.25, 0.3) is 5.56 Å². The van der Waals surface area contributed by atoms with Crippen molar-refractivity contribution in [2.75, 3.05) is 33.0 Å². The molecule has 5 heterocycles. The number of aliphatic hydroxyl groups excluding tert-OH is 5. The van der Waals surface area contributed by atoms with Crippen molar-refractivity contribution in [2.45, 2.75) is 180 Å². The van der Waals surface area contributed by atoms with Crippen molar-refractivity contribution in [3.63, 3.8) is 0 Å². The molecule has 0 bridgehead atoms. The summed E-state index contributed by atoms with van der Waals surface area (Å²) in [5.74, 6) is -5.92. The van der Waals surface area contributed by atoms with Crippen LogP contribution in [0.2, 0.25) is 0 Å². The Morgan fingerprint density at radius 2 is 1.57 bits per heavy atom. The molecule has 11 N–H and O–H groups in total. The number of unbranched alkanes of at least 4 members (excludes halogenated alkanes) is 3. The zero-order valence-electron chi connectivity index (χ0n) is 48.0. The number of ether oxygens (including phenoxy) is 2. The number of imide groups is 1. The number of nitrogens with one attached hydrogen (secondary N) is 5. The van der Waals surface area contributed by atoms with E-state index < -0.39 is 126 Å². The van der Waals surface area contributed by atoms with Crippen LogP contribution in [0.4, 0.5) is 4.39 Å². The van der Waals surface area contributed by atoms with Crippen LogP contribution in [0, 0.1) is 24.1 Å². The molecule has 6 rings (SSSR count). The van der Waals surface area contributed by atoms with Crippen molar-refractivity contribution >= 4 is 58.2 Å². The van der Waals surface area contributed by atoms with Crippen LogP contribution < -0.4 is 32.1 Å². The molecule has 1 saturated heterocycles. The van der Waals surface area contributed by atoms with E-state index in [1.54, 1.807) is 47.6 Å². The number of halogens is 1. The first kappa shape index (κ1) is 65.3. The molecule has 0 spiro atoms. The molecule has 456 valence electrons. The molecule has 0 saturated carbocycles. The highest BCUT2D eigenvalue weighted by atomic mass is 19.1. The molecule has 3 aliphatic heterocycles. The zero-order chi connectivity index (χ0) is 61.2. The maximum atomic E-state index is 15.5. The highest BCUT2D eigenvalue weighted by molar-refractivity contribution is 6.05. The molecular formula is C57H79FN8O17. The number of benzene rings is 1. The van der Waals surface area contributed by atoms with Gasteiger partial charge in [-0.3, -0.25) is 43.3 Å². The summed E-state index contributed by atoms with van der Waals surface area (Å²) in [6, 6.07) is 1.08. The summed E-state index contributed by atoms with van der Waals surface area (Å²) in [5.41, 5.74) is 0.282. The number of pyridine rings is 2. The van der Waals surface area contributed by atoms with E-state index in [1.165, 1.54) is 22.5 Å². The number of carbonyl (C=O) groups is 8. The Balaban J connectivity index is 0.986. The van der Waals surface area contributed by atoms with Crippen LogP contribution in [0.15, 0.2) is 23.0 Å². The van der Waals surface area contributed by atoms with Gasteiger partial charge in [0.05, 0.1) is 47.1 Å². The molecule has 7 amide bonds. The van der Waals surface area contributed by atoms with Gasteiger partial charge in [-0.2, -0.15) is 0 Å². The molecule has 0 radical (unpaired) electrons. The third-order valence-corrected chi connectivity index (χ3v) is 15.6. The molecule has 1 fully saturated rings. The first-order valence-electron chi connectivity index (χ1n) is 28.1. The largest absolute Gasteiger partial charge is 0.458 e. The van der Waals surface area contributed by atoms with E-state index >= 15 is 4.39 Å². The Morgan fingerprint density at radius 3 is 2.23 bits per heavy atom. The van der Waals surface area contributed by atoms with Gasteiger partial charge >= 0.3 is 5.97 Å². The van der Waals surface area contributed by atoms with Gasteiger partial charge in [-0.05, 0) is 88.0 Å². The number of aromatic nitrogens is 2. The predicted octanol–water partition coefficient (Wildman–Crippen LogP) is -0.252. The average molecular weight is 1170 g/mol. The molecule has 3 aromatic rings. The Hall–Kier alpha value is -6.81. The highest BCUT2D eigenvalue weighted by Gasteiger charge is 2.46. The van der Waals surface area contributed by atoms with Gasteiger partial charge in [0, 0.05) is 61.5 Å². The Morgan fingerprint density at radius 1 is 0.855 bits per heavy atom. The topological polar surface area (TPSA) is 375 Å². The second-order valence-electron chi connectivity index (χ2n) is 22.6. The SMILES string of the molecule is CC[C@@]1(O)C(=O)OCc2c1cc1n(c2=O)Cc2cc3c(CCCCOCNC(=O)[C@H](C)NC(=O)C(NC(=O)[C@H](CCC(=O)NC[C@H](O)[C@@H](O)[C@H](O)[C@H](O)CO)NC(=O)CCCCCN4C(=O)CC(C)(C)C4=O)C(C)C)c(C)c(F)cc3nc2-1. The van der Waals surface area contributed by atoms with Crippen molar-refractivity contribution in [3.8, 4) is 11.4 Å². The fourth-order valence-corrected chi connectivity index (χ4v) is 10.4. The first-order valence-corrected chi connectivity index (χ1v) is 28.1. The second kappa shape index (κ2) is 28.2. The number of likely N-dealkylation sites (tertiary alicyclic amines) is 1. The van der Waals surface area contributed by atoms with Gasteiger partial charge in [0.2, 0.25) is 41.4 Å². The second-order valence-corrected chi connectivity index (χ2v) is 22.6. The van der Waals surface area contributed by atoms with E-state index in [0.29, 0.717) is 71.9 Å². The first-order chi connectivity index (χ1) is 39.1. The quantitative estimate of drug-likeness (QED) is 0.0139. The third kappa shape index (κ3) is 15.3. The zero-order valence-corrected chi connectivity index (χ0v) is 48.0. The fourth-order valence-electron chi connectivity index (χ4n) is 10.4. The summed E-state index contributed by atoms with van der Waals surface area (Å²) < 4.78 is 27.8. The Kier molecular flexibility index (Phi) is 22.2. The summed E-state index contributed by atoms with van der Waals surface area (Å²) in [5, 5.41) is 73.6. The van der Waals surface area contributed by atoms with Gasteiger partial charge in [-0.15, -0.1) is 0 Å². The Labute approximate surface area is 479 Å². The van der Waals surface area contributed by atoms with E-state index in [4.69, 9.17) is 19.6 Å². The number of hydrogen-bond donors (Lipinski definition) is 11. The number of nitrogens with zero attached hydrogens (tertiary/aromatic N) is 3. The predicted molar refractivity (Wildman–Crippen MR) is 294 cm³/mol. The number of amides is 7. The van der Waals surface area contributed by atoms with Crippen LogP contribution in [0.3, 0.4) is 0 Å². The van der Waals surface area contributed by atoms with Crippen LogP contribution in [0.5, 0.6) is 0 Å². The molecular weight excluding hydrogens is 1090 g/mol. The van der Waals surface area contributed by atoms with Crippen molar-refractivity contribution in [1.82, 2.24) is 41.0 Å². The van der Waals surface area contributed by atoms with Crippen molar-refractivity contribution in [2.24, 2.45) is 11.3 Å². The number of carbonyl (C=O) groups excluding carboxylic acids is 8. The Bertz CT molecular complexity index is 3010. The van der Waals surface area contributed by atoms with E-state index in [9.17, 15) is 68.7 Å². The average Bonchev–Trinajstić information content (AvgIpc) is 2.01. The van der Waals surface area contributed by atoms with Crippen LogP contribution in [0.25, 0.3) is 22.3 Å². The summed E-state index contributed by atoms with van der Waals surface area (Å²) in [4.78, 5) is 124. The van der Waals surface area contributed by atoms with Crippen molar-refractivity contribution < 1.29 is 82.9 Å². The van der Waals surface area contributed by atoms with Gasteiger partial charge < -0.3 is 71.3 Å². The van der Waals surface area contributed by atoms with Crippen molar-refractivity contribution in [1.29, 1.82) is 0 Å². The number of hydrogen-bond acceptors (Lipinski definition) is 18. The summed E-state index contributed by atoms with van der Waals surface area (Å²) in [7, 11) is 0. The van der Waals surface area contributed by atoms with Crippen molar-refractivity contribution in [3.05, 3.63) is 62.2 Å². The van der Waals surface area contributed by atoms with Gasteiger partial charge in [0.1, 0.15) is 55.6 Å². The molecule has 25 nitrogen and oxygen atoms in total. The lowest BCUT2D eigenvalue weighted by atomic mass is 9.86. The lowest BCUT2D eigenvalue weighted by molar-refractivity contribution is -0.172. The smallest absolute Gasteiger partial charge is 0.343 e. The molecule has 1 aromatic carbocycles. The summed E-state index contributed by atoms with van der Waals surface area (Å²) in [6.07, 6.45) is -5.43. The minimum Gasteiger partial charge on any atom is -0.458 e. The molecule has 8 atom stereocenters. The van der Waals surface area contributed by atoms with Gasteiger partial charge in [-0.25, -0.2) is 14.2 Å². The lowest BCUT2D eigenvalue weighted by Gasteiger charge is -2.31. The minimum absolute atomic E-state index is 0.00996. The monoisotopic (exact) mass is 1170 g/mol. The molecule has 3 aliphatic rings. The summed E-state index contributed by atoms with van der Waals surface area (Å²) >= 11 is 0. The van der Waals surface area contributed by atoms with E-state index in [0.717, 1.165) is 5.56 Å². The number of aryl methyl sites for hydroxylation is 1. The number of rotatable bonds is 30. The van der Waals surface area contributed by atoms with Gasteiger partial charge in [0.15, 0.2) is 5.60 Å². The van der Waals surface area contributed by atoms with Gasteiger partial charge in [-0.1, -0.05) is 41.0 Å². The number of fused-ring (bicyclic) bond motifs is 5. The molecule has 2 aromatic heterocycles. The lowest BCUT2D eigenvalue weighted by Crippen LogP contribution is -2.58. The summed E-state index contributed by atoms with van der Waals surface area (Å²) in [6.45, 7) is 9.95. The van der Waals surface area contributed by atoms with Crippen LogP contribution in [-0.2, 0) is 73.0 Å². The maximum Gasteiger partial charge on any atom is 0.343 e. The number of cyclic esters (lactones) is 1. The highest BCUT2D eigenvalue weighted by Crippen LogP contribution is 2.40. The van der Waals surface area contributed by atoms with E-state index in [1.807, 2.05) is 6.07 Å². The molecule has 0 aliphatic carbocycles. The van der Waals surface area contributed by atoms with Crippen LogP contribution >= 0.6 is 0 Å². The van der Waals surface area contributed by atoms with Crippen LogP contribution in [0.1, 0.15) is 134 Å². The number of esters is 1. The standard InChI is InChI=1S/C57H79FN8O17/c1-8-57(81)36-21-40-47-32(25-66(40)53(78)35(36)27-83-55(57)80)20-34-33(30(4)37(58)22-39(34)63-47)14-11-13-19-82-28-60-50(75)31(5)61-52(77)46(29(2)3)64-51(76)38(16-17-43(70)59-24-41(68)48(73)49(74)42(69)26-67)62-44(71)15-10-9-12-18-65-45(72)23-56(6,7)54(65)79/h20-22,29,31,38,41-42,46,48-49,67-69,73-74,81H,8-19,23-28H2,1-7H3,(H,59,70)(H,60,75)(H,61,77)(H,62,71)(H,64,76)/t31-,38-,41-,42+,46?,48+,49+,57-/m0/s1. The minimum atomic E-state index is -1.99. The fraction of sp³-hybridized carbons (Fsp3) is 0.614. The van der Waals surface area contributed by atoms with E-state index in [2.05, 4.69) is 26.6 Å². The number of aliphatic hydroxyl groups is 6. The third-order valence-electron chi connectivity index (χ3n) is 15.6. The normalized spacial score (nSPS) is 18.7.